The van der Waals surface area contributed by atoms with E-state index in [1.165, 1.54) is 18.2 Å². The Morgan fingerprint density at radius 1 is 0.909 bits per heavy atom. The number of hydrogen-bond donors (Lipinski definition) is 4. The molecule has 0 fully saturated rings. The Morgan fingerprint density at radius 3 is 2.32 bits per heavy atom. The molecule has 1 heterocycles. The van der Waals surface area contributed by atoms with Crippen LogP contribution in [0.15, 0.2) is 39.7 Å². The van der Waals surface area contributed by atoms with Gasteiger partial charge in [0.1, 0.15) is 28.2 Å². The highest BCUT2D eigenvalue weighted by Crippen LogP contribution is 2.38. The second kappa shape index (κ2) is 4.85. The lowest BCUT2D eigenvalue weighted by Crippen LogP contribution is -2.05. The number of phenols is 4. The first-order valence-corrected chi connectivity index (χ1v) is 6.46. The van der Waals surface area contributed by atoms with Gasteiger partial charge in [0.15, 0.2) is 17.1 Å². The van der Waals surface area contributed by atoms with Gasteiger partial charge in [-0.1, -0.05) is 17.7 Å². The summed E-state index contributed by atoms with van der Waals surface area (Å²) in [5.41, 5.74) is -0.393. The minimum absolute atomic E-state index is 0.0554. The standard InChI is InChI=1S/C15H9ClO6/c16-13-11(20)4-10(19)12-14(21)7(5-22-15(12)13)6-1-2-8(17)9(18)3-6/h1-5,17-20H. The summed E-state index contributed by atoms with van der Waals surface area (Å²) < 4.78 is 5.24. The molecule has 0 atom stereocenters. The molecule has 0 saturated carbocycles. The number of benzene rings is 2. The van der Waals surface area contributed by atoms with Gasteiger partial charge in [0.25, 0.3) is 0 Å². The summed E-state index contributed by atoms with van der Waals surface area (Å²) in [7, 11) is 0. The molecular formula is C15H9ClO6. The van der Waals surface area contributed by atoms with Crippen molar-refractivity contribution in [2.24, 2.45) is 0 Å². The van der Waals surface area contributed by atoms with Crippen LogP contribution in [0, 0.1) is 0 Å². The van der Waals surface area contributed by atoms with Crippen LogP contribution in [0.5, 0.6) is 23.0 Å². The maximum atomic E-state index is 12.5. The largest absolute Gasteiger partial charge is 0.507 e. The Balaban J connectivity index is 2.36. The third-order valence-corrected chi connectivity index (χ3v) is 3.60. The van der Waals surface area contributed by atoms with E-state index in [2.05, 4.69) is 0 Å². The van der Waals surface area contributed by atoms with Gasteiger partial charge >= 0.3 is 0 Å². The summed E-state index contributed by atoms with van der Waals surface area (Å²) in [5.74, 6) is -1.62. The van der Waals surface area contributed by atoms with Gasteiger partial charge in [0.05, 0.1) is 5.56 Å². The second-order valence-corrected chi connectivity index (χ2v) is 4.99. The van der Waals surface area contributed by atoms with Crippen LogP contribution in [0.4, 0.5) is 0 Å². The van der Waals surface area contributed by atoms with Crippen LogP contribution < -0.4 is 5.43 Å². The Morgan fingerprint density at radius 2 is 1.64 bits per heavy atom. The van der Waals surface area contributed by atoms with E-state index in [1.54, 1.807) is 0 Å². The van der Waals surface area contributed by atoms with Crippen molar-refractivity contribution in [3.05, 3.63) is 45.8 Å². The summed E-state index contributed by atoms with van der Waals surface area (Å²) in [6, 6.07) is 4.76. The van der Waals surface area contributed by atoms with Crippen LogP contribution in [0.1, 0.15) is 0 Å². The molecule has 1 aromatic heterocycles. The van der Waals surface area contributed by atoms with Crippen molar-refractivity contribution >= 4 is 22.6 Å². The molecule has 3 aromatic rings. The zero-order valence-electron chi connectivity index (χ0n) is 10.9. The van der Waals surface area contributed by atoms with Crippen molar-refractivity contribution in [2.75, 3.05) is 0 Å². The fourth-order valence-corrected chi connectivity index (χ4v) is 2.33. The molecule has 0 spiro atoms. The molecule has 0 unspecified atom stereocenters. The normalized spacial score (nSPS) is 11.0. The van der Waals surface area contributed by atoms with Gasteiger partial charge in [-0.05, 0) is 17.7 Å². The molecule has 2 aromatic carbocycles. The minimum Gasteiger partial charge on any atom is -0.507 e. The van der Waals surface area contributed by atoms with E-state index in [1.807, 2.05) is 0 Å². The molecule has 0 amide bonds. The molecule has 0 radical (unpaired) electrons. The molecule has 0 bridgehead atoms. The average molecular weight is 321 g/mol. The quantitative estimate of drug-likeness (QED) is 0.513. The fourth-order valence-electron chi connectivity index (χ4n) is 2.13. The van der Waals surface area contributed by atoms with Crippen molar-refractivity contribution in [2.45, 2.75) is 0 Å². The predicted octanol–water partition coefficient (Wildman–Crippen LogP) is 2.94. The Hall–Kier alpha value is -2.86. The fraction of sp³-hybridized carbons (Fsp3) is 0. The zero-order valence-corrected chi connectivity index (χ0v) is 11.6. The minimum atomic E-state index is -0.592. The van der Waals surface area contributed by atoms with Crippen LogP contribution in [0.2, 0.25) is 5.02 Å². The van der Waals surface area contributed by atoms with Gasteiger partial charge in [-0.15, -0.1) is 0 Å². The molecular weight excluding hydrogens is 312 g/mol. The van der Waals surface area contributed by atoms with Gasteiger partial charge in [0, 0.05) is 6.07 Å². The Bertz CT molecular complexity index is 960. The highest BCUT2D eigenvalue weighted by molar-refractivity contribution is 6.36. The number of rotatable bonds is 1. The summed E-state index contributed by atoms with van der Waals surface area (Å²) in [5, 5.41) is 37.8. The number of hydrogen-bond acceptors (Lipinski definition) is 6. The Kier molecular flexibility index (Phi) is 3.11. The van der Waals surface area contributed by atoms with Gasteiger partial charge in [-0.3, -0.25) is 4.79 Å². The number of fused-ring (bicyclic) bond motifs is 1. The topological polar surface area (TPSA) is 111 Å². The molecule has 0 saturated heterocycles. The van der Waals surface area contributed by atoms with Crippen molar-refractivity contribution in [1.82, 2.24) is 0 Å². The molecule has 112 valence electrons. The first kappa shape index (κ1) is 14.1. The van der Waals surface area contributed by atoms with E-state index < -0.39 is 22.7 Å². The van der Waals surface area contributed by atoms with Gasteiger partial charge in [-0.25, -0.2) is 0 Å². The van der Waals surface area contributed by atoms with E-state index in [0.717, 1.165) is 12.3 Å². The van der Waals surface area contributed by atoms with Crippen LogP contribution in [-0.4, -0.2) is 20.4 Å². The molecule has 22 heavy (non-hydrogen) atoms. The van der Waals surface area contributed by atoms with E-state index >= 15 is 0 Å². The summed E-state index contributed by atoms with van der Waals surface area (Å²) in [4.78, 5) is 12.5. The maximum absolute atomic E-state index is 12.5. The van der Waals surface area contributed by atoms with Crippen molar-refractivity contribution in [3.63, 3.8) is 0 Å². The highest BCUT2D eigenvalue weighted by atomic mass is 35.5. The van der Waals surface area contributed by atoms with Crippen LogP contribution >= 0.6 is 11.6 Å². The van der Waals surface area contributed by atoms with Crippen LogP contribution in [0.25, 0.3) is 22.1 Å². The smallest absolute Gasteiger partial charge is 0.204 e. The van der Waals surface area contributed by atoms with Crippen molar-refractivity contribution in [3.8, 4) is 34.1 Å². The molecule has 4 N–H and O–H groups in total. The monoisotopic (exact) mass is 320 g/mol. The van der Waals surface area contributed by atoms with E-state index in [4.69, 9.17) is 16.0 Å². The molecule has 0 aliphatic heterocycles. The lowest BCUT2D eigenvalue weighted by molar-refractivity contribution is 0.404. The lowest BCUT2D eigenvalue weighted by Gasteiger charge is -2.07. The first-order valence-electron chi connectivity index (χ1n) is 6.08. The average Bonchev–Trinajstić information content (AvgIpc) is 2.47. The van der Waals surface area contributed by atoms with E-state index in [-0.39, 0.29) is 32.9 Å². The van der Waals surface area contributed by atoms with Crippen LogP contribution in [-0.2, 0) is 0 Å². The second-order valence-electron chi connectivity index (χ2n) is 4.61. The number of aromatic hydroxyl groups is 4. The lowest BCUT2D eigenvalue weighted by atomic mass is 10.0. The summed E-state index contributed by atoms with van der Waals surface area (Å²) >= 11 is 5.85. The molecule has 7 heteroatoms. The zero-order chi connectivity index (χ0) is 16.0. The predicted molar refractivity (Wildman–Crippen MR) is 79.6 cm³/mol. The SMILES string of the molecule is O=c1c(-c2ccc(O)c(O)c2)coc2c(Cl)c(O)cc(O)c12. The van der Waals surface area contributed by atoms with E-state index in [9.17, 15) is 25.2 Å². The molecule has 3 rings (SSSR count). The highest BCUT2D eigenvalue weighted by Gasteiger charge is 2.18. The summed E-state index contributed by atoms with van der Waals surface area (Å²) in [6.07, 6.45) is 1.10. The first-order chi connectivity index (χ1) is 10.4. The molecule has 0 aliphatic carbocycles. The Labute approximate surface area is 128 Å². The van der Waals surface area contributed by atoms with Crippen LogP contribution in [0.3, 0.4) is 0 Å². The number of phenolic OH excluding ortho intramolecular Hbond substituents is 4. The van der Waals surface area contributed by atoms with Gasteiger partial charge in [0.2, 0.25) is 5.43 Å². The summed E-state index contributed by atoms with van der Waals surface area (Å²) in [6.45, 7) is 0. The maximum Gasteiger partial charge on any atom is 0.204 e. The third-order valence-electron chi connectivity index (χ3n) is 3.23. The third kappa shape index (κ3) is 2.01. The van der Waals surface area contributed by atoms with E-state index in [0.29, 0.717) is 0 Å². The molecule has 0 aliphatic rings. The van der Waals surface area contributed by atoms with Crippen molar-refractivity contribution < 1.29 is 24.8 Å². The number of halogens is 1. The molecule has 6 nitrogen and oxygen atoms in total. The van der Waals surface area contributed by atoms with Gasteiger partial charge in [-0.2, -0.15) is 0 Å². The van der Waals surface area contributed by atoms with Gasteiger partial charge < -0.3 is 24.8 Å². The van der Waals surface area contributed by atoms with Crippen molar-refractivity contribution in [1.29, 1.82) is 0 Å².